The lowest BCUT2D eigenvalue weighted by Gasteiger charge is -2.19. The number of aryl methyl sites for hydroxylation is 1. The van der Waals surface area contributed by atoms with E-state index in [9.17, 15) is 0 Å². The zero-order valence-electron chi connectivity index (χ0n) is 10.7. The number of rotatable bonds is 2. The molecule has 0 amide bonds. The van der Waals surface area contributed by atoms with Crippen molar-refractivity contribution in [2.45, 2.75) is 45.1 Å². The summed E-state index contributed by atoms with van der Waals surface area (Å²) in [6, 6.07) is 6.63. The molecule has 0 aliphatic heterocycles. The summed E-state index contributed by atoms with van der Waals surface area (Å²) in [6.07, 6.45) is 6.25. The van der Waals surface area contributed by atoms with Crippen LogP contribution in [0.15, 0.2) is 27.7 Å². The van der Waals surface area contributed by atoms with Crippen LogP contribution < -0.4 is 11.3 Å². The number of nitrogens with one attached hydrogen (secondary N) is 1. The molecule has 0 aromatic heterocycles. The number of nitrogens with two attached hydrogens (primary N) is 1. The summed E-state index contributed by atoms with van der Waals surface area (Å²) in [5.41, 5.74) is 5.00. The molecule has 0 heterocycles. The van der Waals surface area contributed by atoms with E-state index >= 15 is 0 Å². The van der Waals surface area contributed by atoms with Gasteiger partial charge in [0.15, 0.2) is 0 Å². The van der Waals surface area contributed by atoms with Gasteiger partial charge in [-0.1, -0.05) is 41.3 Å². The van der Waals surface area contributed by atoms with Gasteiger partial charge in [-0.05, 0) is 37.5 Å². The number of hydrazine groups is 1. The highest BCUT2D eigenvalue weighted by Crippen LogP contribution is 2.23. The molecule has 1 fully saturated rings. The van der Waals surface area contributed by atoms with E-state index in [1.807, 2.05) is 0 Å². The van der Waals surface area contributed by atoms with Crippen molar-refractivity contribution in [3.05, 3.63) is 33.8 Å². The molecular weight excluding hydrogens is 290 g/mol. The van der Waals surface area contributed by atoms with Crippen molar-refractivity contribution in [2.24, 2.45) is 10.8 Å². The first-order valence-corrected chi connectivity index (χ1v) is 7.31. The van der Waals surface area contributed by atoms with Gasteiger partial charge in [0.2, 0.25) is 0 Å². The quantitative estimate of drug-likeness (QED) is 0.381. The molecule has 18 heavy (non-hydrogen) atoms. The summed E-state index contributed by atoms with van der Waals surface area (Å²) < 4.78 is 1.04. The second kappa shape index (κ2) is 6.34. The average molecular weight is 310 g/mol. The molecule has 0 bridgehead atoms. The molecule has 0 radical (unpaired) electrons. The van der Waals surface area contributed by atoms with Crippen molar-refractivity contribution >= 4 is 21.8 Å². The number of hydrogen-bond acceptors (Lipinski definition) is 2. The van der Waals surface area contributed by atoms with Crippen LogP contribution >= 0.6 is 15.9 Å². The minimum Gasteiger partial charge on any atom is -0.308 e. The second-order valence-electron chi connectivity index (χ2n) is 4.90. The Morgan fingerprint density at radius 1 is 1.33 bits per heavy atom. The third-order valence-electron chi connectivity index (χ3n) is 3.40. The number of halogens is 1. The molecule has 3 N–H and O–H groups in total. The lowest BCUT2D eigenvalue weighted by Crippen LogP contribution is -2.33. The third kappa shape index (κ3) is 3.33. The SMILES string of the molecule is Cc1ccc(C(=NC2CCCCC2)NN)c(Br)c1. The van der Waals surface area contributed by atoms with Gasteiger partial charge in [-0.25, -0.2) is 5.84 Å². The minimum atomic E-state index is 0.415. The van der Waals surface area contributed by atoms with Crippen LogP contribution in [0.5, 0.6) is 0 Å². The minimum absolute atomic E-state index is 0.415. The van der Waals surface area contributed by atoms with Crippen molar-refractivity contribution in [1.82, 2.24) is 5.43 Å². The normalized spacial score (nSPS) is 17.8. The maximum Gasteiger partial charge on any atom is 0.143 e. The number of amidine groups is 1. The summed E-state index contributed by atoms with van der Waals surface area (Å²) >= 11 is 3.58. The van der Waals surface area contributed by atoms with Crippen LogP contribution in [-0.2, 0) is 0 Å². The van der Waals surface area contributed by atoms with Gasteiger partial charge in [-0.2, -0.15) is 0 Å². The molecule has 0 unspecified atom stereocenters. The van der Waals surface area contributed by atoms with E-state index in [1.54, 1.807) is 0 Å². The molecule has 1 aliphatic carbocycles. The summed E-state index contributed by atoms with van der Waals surface area (Å²) in [5, 5.41) is 0. The van der Waals surface area contributed by atoms with Crippen molar-refractivity contribution in [2.75, 3.05) is 0 Å². The van der Waals surface area contributed by atoms with E-state index in [4.69, 9.17) is 10.8 Å². The van der Waals surface area contributed by atoms with E-state index < -0.39 is 0 Å². The van der Waals surface area contributed by atoms with E-state index in [0.717, 1.165) is 15.9 Å². The zero-order chi connectivity index (χ0) is 13.0. The maximum atomic E-state index is 5.63. The fourth-order valence-electron chi connectivity index (χ4n) is 2.39. The van der Waals surface area contributed by atoms with Crippen molar-refractivity contribution < 1.29 is 0 Å². The molecule has 3 nitrogen and oxygen atoms in total. The fraction of sp³-hybridized carbons (Fsp3) is 0.500. The molecule has 2 rings (SSSR count). The first kappa shape index (κ1) is 13.6. The Labute approximate surface area is 117 Å². The smallest absolute Gasteiger partial charge is 0.143 e. The lowest BCUT2D eigenvalue weighted by molar-refractivity contribution is 0.442. The first-order valence-electron chi connectivity index (χ1n) is 6.51. The summed E-state index contributed by atoms with van der Waals surface area (Å²) in [4.78, 5) is 4.77. The van der Waals surface area contributed by atoms with Crippen molar-refractivity contribution in [3.8, 4) is 0 Å². The van der Waals surface area contributed by atoms with E-state index in [1.165, 1.54) is 37.7 Å². The lowest BCUT2D eigenvalue weighted by atomic mass is 9.96. The van der Waals surface area contributed by atoms with Crippen LogP contribution in [0.1, 0.15) is 43.2 Å². The maximum absolute atomic E-state index is 5.63. The Morgan fingerprint density at radius 3 is 2.67 bits per heavy atom. The molecule has 0 spiro atoms. The van der Waals surface area contributed by atoms with E-state index in [2.05, 4.69) is 46.5 Å². The molecule has 0 saturated heterocycles. The Kier molecular flexibility index (Phi) is 4.78. The number of nitrogens with zero attached hydrogens (tertiary/aromatic N) is 1. The Hall–Kier alpha value is -0.870. The molecule has 98 valence electrons. The average Bonchev–Trinajstić information content (AvgIpc) is 2.38. The topological polar surface area (TPSA) is 50.4 Å². The van der Waals surface area contributed by atoms with Crippen LogP contribution in [0.4, 0.5) is 0 Å². The van der Waals surface area contributed by atoms with Gasteiger partial charge in [-0.15, -0.1) is 0 Å². The highest BCUT2D eigenvalue weighted by Gasteiger charge is 2.14. The molecule has 4 heteroatoms. The molecule has 1 aromatic rings. The van der Waals surface area contributed by atoms with Gasteiger partial charge >= 0.3 is 0 Å². The monoisotopic (exact) mass is 309 g/mol. The van der Waals surface area contributed by atoms with Crippen LogP contribution in [-0.4, -0.2) is 11.9 Å². The Bertz CT molecular complexity index is 437. The van der Waals surface area contributed by atoms with Gasteiger partial charge < -0.3 is 5.43 Å². The predicted octanol–water partition coefficient (Wildman–Crippen LogP) is 3.30. The summed E-state index contributed by atoms with van der Waals surface area (Å²) in [5.74, 6) is 6.41. The van der Waals surface area contributed by atoms with E-state index in [-0.39, 0.29) is 0 Å². The number of benzene rings is 1. The van der Waals surface area contributed by atoms with Gasteiger partial charge in [0.1, 0.15) is 5.84 Å². The molecule has 1 aromatic carbocycles. The summed E-state index contributed by atoms with van der Waals surface area (Å²) in [7, 11) is 0. The predicted molar refractivity (Wildman–Crippen MR) is 79.6 cm³/mol. The van der Waals surface area contributed by atoms with Crippen molar-refractivity contribution in [3.63, 3.8) is 0 Å². The number of aliphatic imine (C=N–C) groups is 1. The standard InChI is InChI=1S/C14H20BrN3/c1-10-7-8-12(13(15)9-10)14(18-16)17-11-5-3-2-4-6-11/h7-9,11H,2-6,16H2,1H3,(H,17,18). The molecule has 1 aliphatic rings. The number of hydrogen-bond donors (Lipinski definition) is 2. The largest absolute Gasteiger partial charge is 0.308 e. The van der Waals surface area contributed by atoms with Gasteiger partial charge in [0, 0.05) is 10.0 Å². The van der Waals surface area contributed by atoms with Crippen molar-refractivity contribution in [1.29, 1.82) is 0 Å². The highest BCUT2D eigenvalue weighted by atomic mass is 79.9. The molecular formula is C14H20BrN3. The summed E-state index contributed by atoms with van der Waals surface area (Å²) in [6.45, 7) is 2.07. The van der Waals surface area contributed by atoms with Gasteiger partial charge in [-0.3, -0.25) is 4.99 Å². The highest BCUT2D eigenvalue weighted by molar-refractivity contribution is 9.10. The van der Waals surface area contributed by atoms with Gasteiger partial charge in [0.05, 0.1) is 6.04 Å². The van der Waals surface area contributed by atoms with Gasteiger partial charge in [0.25, 0.3) is 0 Å². The van der Waals surface area contributed by atoms with Crippen LogP contribution in [0.25, 0.3) is 0 Å². The van der Waals surface area contributed by atoms with E-state index in [0.29, 0.717) is 6.04 Å². The zero-order valence-corrected chi connectivity index (χ0v) is 12.3. The van der Waals surface area contributed by atoms with Crippen LogP contribution in [0.3, 0.4) is 0 Å². The molecule has 1 saturated carbocycles. The first-order chi connectivity index (χ1) is 8.70. The second-order valence-corrected chi connectivity index (χ2v) is 5.75. The Morgan fingerprint density at radius 2 is 2.06 bits per heavy atom. The molecule has 0 atom stereocenters. The van der Waals surface area contributed by atoms with Crippen LogP contribution in [0, 0.1) is 6.92 Å². The van der Waals surface area contributed by atoms with Crippen LogP contribution in [0.2, 0.25) is 0 Å². The third-order valence-corrected chi connectivity index (χ3v) is 4.06. The Balaban J connectivity index is 2.23. The fourth-order valence-corrected chi connectivity index (χ4v) is 3.07.